The van der Waals surface area contributed by atoms with E-state index in [0.29, 0.717) is 30.4 Å². The van der Waals surface area contributed by atoms with Gasteiger partial charge in [0.1, 0.15) is 12.4 Å². The fraction of sp³-hybridized carbons (Fsp3) is 0.500. The van der Waals surface area contributed by atoms with E-state index < -0.39 is 0 Å². The van der Waals surface area contributed by atoms with Crippen LogP contribution in [0.1, 0.15) is 16.8 Å². The van der Waals surface area contributed by atoms with Gasteiger partial charge in [0.2, 0.25) is 0 Å². The molecule has 0 aromatic heterocycles. The molecule has 6 heteroatoms. The number of benzene rings is 1. The van der Waals surface area contributed by atoms with Gasteiger partial charge in [0.15, 0.2) is 0 Å². The third-order valence-electron chi connectivity index (χ3n) is 3.12. The fourth-order valence-electron chi connectivity index (χ4n) is 1.97. The van der Waals surface area contributed by atoms with Gasteiger partial charge in [-0.2, -0.15) is 0 Å². The van der Waals surface area contributed by atoms with Crippen LogP contribution in [0.4, 0.5) is 0 Å². The van der Waals surface area contributed by atoms with Crippen LogP contribution in [0.15, 0.2) is 24.3 Å². The summed E-state index contributed by atoms with van der Waals surface area (Å²) in [6.45, 7) is 3.38. The highest BCUT2D eigenvalue weighted by Crippen LogP contribution is 2.13. The molecule has 1 atom stereocenters. The van der Waals surface area contributed by atoms with Crippen molar-refractivity contribution in [3.05, 3.63) is 29.8 Å². The normalized spacial score (nSPS) is 17.9. The molecule has 3 N–H and O–H groups in total. The summed E-state index contributed by atoms with van der Waals surface area (Å²) in [5.41, 5.74) is 2.57. The zero-order chi connectivity index (χ0) is 14.2. The third kappa shape index (κ3) is 4.48. The van der Waals surface area contributed by atoms with Crippen LogP contribution in [0.25, 0.3) is 0 Å². The third-order valence-corrected chi connectivity index (χ3v) is 3.12. The van der Waals surface area contributed by atoms with Gasteiger partial charge in [-0.15, -0.1) is 0 Å². The molecular formula is C14H20N2O4. The fourth-order valence-corrected chi connectivity index (χ4v) is 1.97. The number of hydrogen-bond acceptors (Lipinski definition) is 5. The molecule has 1 aromatic carbocycles. The number of nitrogens with two attached hydrogens (primary N) is 1. The second-order valence-corrected chi connectivity index (χ2v) is 4.65. The van der Waals surface area contributed by atoms with Crippen LogP contribution >= 0.6 is 0 Å². The number of hydrazine groups is 1. The molecule has 1 fully saturated rings. The molecule has 1 amide bonds. The molecule has 0 bridgehead atoms. The second-order valence-electron chi connectivity index (χ2n) is 4.65. The standard InChI is InChI=1S/C14H20N2O4/c15-16-14(17)12-1-3-13(4-2-12)20-8-7-19-10-11-5-6-18-9-11/h1-4,11H,5-10,15H2,(H,16,17). The summed E-state index contributed by atoms with van der Waals surface area (Å²) in [7, 11) is 0. The quantitative estimate of drug-likeness (QED) is 0.333. The Morgan fingerprint density at radius 1 is 1.35 bits per heavy atom. The summed E-state index contributed by atoms with van der Waals surface area (Å²) in [5, 5.41) is 0. The van der Waals surface area contributed by atoms with E-state index in [9.17, 15) is 4.79 Å². The Kier molecular flexibility index (Phi) is 5.79. The molecular weight excluding hydrogens is 260 g/mol. The first-order valence-corrected chi connectivity index (χ1v) is 6.69. The maximum Gasteiger partial charge on any atom is 0.265 e. The van der Waals surface area contributed by atoms with Gasteiger partial charge in [0.05, 0.1) is 19.8 Å². The Labute approximate surface area is 118 Å². The summed E-state index contributed by atoms with van der Waals surface area (Å²) in [4.78, 5) is 11.2. The number of amides is 1. The van der Waals surface area contributed by atoms with E-state index in [0.717, 1.165) is 26.2 Å². The molecule has 1 aliphatic heterocycles. The smallest absolute Gasteiger partial charge is 0.265 e. The maximum atomic E-state index is 11.2. The van der Waals surface area contributed by atoms with E-state index in [1.165, 1.54) is 0 Å². The van der Waals surface area contributed by atoms with E-state index in [4.69, 9.17) is 20.1 Å². The molecule has 1 aliphatic rings. The number of nitrogen functional groups attached to an aromatic ring is 1. The molecule has 110 valence electrons. The van der Waals surface area contributed by atoms with Gasteiger partial charge in [-0.1, -0.05) is 0 Å². The van der Waals surface area contributed by atoms with Crippen molar-refractivity contribution in [2.24, 2.45) is 11.8 Å². The second kappa shape index (κ2) is 7.84. The number of carbonyl (C=O) groups excluding carboxylic acids is 1. The number of ether oxygens (including phenoxy) is 3. The van der Waals surface area contributed by atoms with Gasteiger partial charge in [0.25, 0.3) is 5.91 Å². The first kappa shape index (κ1) is 14.8. The SMILES string of the molecule is NNC(=O)c1ccc(OCCOCC2CCOC2)cc1. The molecule has 0 radical (unpaired) electrons. The minimum atomic E-state index is -0.321. The average molecular weight is 280 g/mol. The van der Waals surface area contributed by atoms with E-state index in [1.54, 1.807) is 24.3 Å². The first-order valence-electron chi connectivity index (χ1n) is 6.69. The highest BCUT2D eigenvalue weighted by Gasteiger charge is 2.15. The van der Waals surface area contributed by atoms with Crippen LogP contribution in [0.5, 0.6) is 5.75 Å². The molecule has 1 saturated heterocycles. The summed E-state index contributed by atoms with van der Waals surface area (Å²) in [6, 6.07) is 6.78. The van der Waals surface area contributed by atoms with Gasteiger partial charge in [-0.05, 0) is 30.7 Å². The number of nitrogens with one attached hydrogen (secondary N) is 1. The van der Waals surface area contributed by atoms with Gasteiger partial charge in [-0.25, -0.2) is 5.84 Å². The average Bonchev–Trinajstić information content (AvgIpc) is 3.00. The summed E-state index contributed by atoms with van der Waals surface area (Å²) in [6.07, 6.45) is 1.07. The minimum absolute atomic E-state index is 0.321. The Morgan fingerprint density at radius 3 is 2.80 bits per heavy atom. The molecule has 1 heterocycles. The Bertz CT molecular complexity index is 416. The molecule has 0 saturated carbocycles. The highest BCUT2D eigenvalue weighted by molar-refractivity contribution is 5.93. The monoisotopic (exact) mass is 280 g/mol. The van der Waals surface area contributed by atoms with Crippen LogP contribution in [-0.2, 0) is 9.47 Å². The lowest BCUT2D eigenvalue weighted by atomic mass is 10.1. The van der Waals surface area contributed by atoms with Crippen LogP contribution in [0.3, 0.4) is 0 Å². The van der Waals surface area contributed by atoms with Gasteiger partial charge >= 0.3 is 0 Å². The molecule has 20 heavy (non-hydrogen) atoms. The number of rotatable bonds is 7. The first-order chi connectivity index (χ1) is 9.79. The predicted molar refractivity (Wildman–Crippen MR) is 73.3 cm³/mol. The van der Waals surface area contributed by atoms with Crippen LogP contribution < -0.4 is 16.0 Å². The van der Waals surface area contributed by atoms with E-state index in [-0.39, 0.29) is 5.91 Å². The summed E-state index contributed by atoms with van der Waals surface area (Å²) >= 11 is 0. The van der Waals surface area contributed by atoms with Crippen molar-refractivity contribution in [2.75, 3.05) is 33.0 Å². The molecule has 1 unspecified atom stereocenters. The van der Waals surface area contributed by atoms with Crippen LogP contribution in [0, 0.1) is 5.92 Å². The minimum Gasteiger partial charge on any atom is -0.491 e. The largest absolute Gasteiger partial charge is 0.491 e. The summed E-state index contributed by atoms with van der Waals surface area (Å²) < 4.78 is 16.3. The molecule has 1 aromatic rings. The van der Waals surface area contributed by atoms with Crippen molar-refractivity contribution in [2.45, 2.75) is 6.42 Å². The Morgan fingerprint density at radius 2 is 2.15 bits per heavy atom. The lowest BCUT2D eigenvalue weighted by Gasteiger charge is -2.10. The Balaban J connectivity index is 1.62. The topological polar surface area (TPSA) is 82.8 Å². The van der Waals surface area contributed by atoms with Gasteiger partial charge < -0.3 is 14.2 Å². The van der Waals surface area contributed by atoms with E-state index in [2.05, 4.69) is 5.43 Å². The molecule has 2 rings (SSSR count). The molecule has 0 spiro atoms. The van der Waals surface area contributed by atoms with E-state index in [1.807, 2.05) is 0 Å². The highest BCUT2D eigenvalue weighted by atomic mass is 16.5. The lowest BCUT2D eigenvalue weighted by molar-refractivity contribution is 0.0684. The van der Waals surface area contributed by atoms with Gasteiger partial charge in [0, 0.05) is 18.1 Å². The van der Waals surface area contributed by atoms with Crippen LogP contribution in [-0.4, -0.2) is 38.9 Å². The zero-order valence-corrected chi connectivity index (χ0v) is 11.3. The van der Waals surface area contributed by atoms with Gasteiger partial charge in [-0.3, -0.25) is 10.2 Å². The van der Waals surface area contributed by atoms with Crippen molar-refractivity contribution in [1.29, 1.82) is 0 Å². The van der Waals surface area contributed by atoms with Crippen LogP contribution in [0.2, 0.25) is 0 Å². The maximum absolute atomic E-state index is 11.2. The molecule has 6 nitrogen and oxygen atoms in total. The van der Waals surface area contributed by atoms with E-state index >= 15 is 0 Å². The Hall–Kier alpha value is -1.63. The van der Waals surface area contributed by atoms with Crippen molar-refractivity contribution >= 4 is 5.91 Å². The zero-order valence-electron chi connectivity index (χ0n) is 11.3. The van der Waals surface area contributed by atoms with Crippen molar-refractivity contribution in [1.82, 2.24) is 5.43 Å². The molecule has 0 aliphatic carbocycles. The number of carbonyl (C=O) groups is 1. The predicted octanol–water partition coefficient (Wildman–Crippen LogP) is 0.722. The summed E-state index contributed by atoms with van der Waals surface area (Å²) in [5.74, 6) is 5.95. The van der Waals surface area contributed by atoms with Crippen molar-refractivity contribution in [3.63, 3.8) is 0 Å². The lowest BCUT2D eigenvalue weighted by Crippen LogP contribution is -2.29. The number of hydrogen-bond donors (Lipinski definition) is 2. The van der Waals surface area contributed by atoms with Crippen molar-refractivity contribution in [3.8, 4) is 5.75 Å². The van der Waals surface area contributed by atoms with Crippen molar-refractivity contribution < 1.29 is 19.0 Å².